The quantitative estimate of drug-likeness (QED) is 0.337. The van der Waals surface area contributed by atoms with E-state index in [2.05, 4.69) is 0 Å². The van der Waals surface area contributed by atoms with Crippen LogP contribution < -0.4 is 0 Å². The highest BCUT2D eigenvalue weighted by molar-refractivity contribution is 6.08. The van der Waals surface area contributed by atoms with Gasteiger partial charge in [-0.1, -0.05) is 85.0 Å². The van der Waals surface area contributed by atoms with Crippen LogP contribution in [0.5, 0.6) is 0 Å². The monoisotopic (exact) mass is 536 g/mol. The third-order valence-electron chi connectivity index (χ3n) is 8.49. The van der Waals surface area contributed by atoms with Crippen molar-refractivity contribution in [2.45, 2.75) is 62.7 Å². The number of amides is 6. The van der Waals surface area contributed by atoms with E-state index in [4.69, 9.17) is 0 Å². The van der Waals surface area contributed by atoms with E-state index in [1.807, 2.05) is 85.0 Å². The van der Waals surface area contributed by atoms with Crippen LogP contribution in [0.1, 0.15) is 49.7 Å². The molecule has 4 aliphatic rings. The number of carbonyl (C=O) groups excluding carboxylic acids is 4. The summed E-state index contributed by atoms with van der Waals surface area (Å²) in [6.07, 6.45) is 14.3. The van der Waals surface area contributed by atoms with Crippen molar-refractivity contribution < 1.29 is 19.2 Å². The second-order valence-electron chi connectivity index (χ2n) is 10.8. The molecule has 2 saturated heterocycles. The first kappa shape index (κ1) is 25.8. The molecule has 0 aliphatic carbocycles. The lowest BCUT2D eigenvalue weighted by Gasteiger charge is -2.36. The Labute approximate surface area is 233 Å². The number of imide groups is 2. The van der Waals surface area contributed by atoms with Gasteiger partial charge in [0, 0.05) is 12.4 Å². The summed E-state index contributed by atoms with van der Waals surface area (Å²) in [6.45, 7) is 0.457. The van der Waals surface area contributed by atoms with E-state index < -0.39 is 11.1 Å². The Morgan fingerprint density at radius 3 is 1.40 bits per heavy atom. The van der Waals surface area contributed by atoms with E-state index in [-0.39, 0.29) is 37.0 Å². The van der Waals surface area contributed by atoms with Crippen LogP contribution >= 0.6 is 0 Å². The van der Waals surface area contributed by atoms with Crippen molar-refractivity contribution in [3.05, 3.63) is 108 Å². The predicted octanol–water partition coefficient (Wildman–Crippen LogP) is 5.34. The van der Waals surface area contributed by atoms with Crippen molar-refractivity contribution in [3.63, 3.8) is 0 Å². The summed E-state index contributed by atoms with van der Waals surface area (Å²) in [6, 6.07) is 18.4. The van der Waals surface area contributed by atoms with E-state index in [9.17, 15) is 19.2 Å². The average Bonchev–Trinajstić information content (AvgIpc) is 3.33. The number of benzene rings is 2. The van der Waals surface area contributed by atoms with E-state index in [0.29, 0.717) is 38.5 Å². The lowest BCUT2D eigenvalue weighted by molar-refractivity contribution is -0.134. The largest absolute Gasteiger partial charge is 0.332 e. The first-order chi connectivity index (χ1) is 19.5. The maximum absolute atomic E-state index is 13.7. The number of allylic oxidation sites excluding steroid dienone is 2. The van der Waals surface area contributed by atoms with E-state index in [1.54, 1.807) is 22.2 Å². The molecule has 0 bridgehead atoms. The summed E-state index contributed by atoms with van der Waals surface area (Å²) in [5.41, 5.74) is -0.161. The molecule has 204 valence electrons. The third kappa shape index (κ3) is 4.15. The Balaban J connectivity index is 1.21. The Morgan fingerprint density at radius 2 is 1.00 bits per heavy atom. The molecule has 2 atom stereocenters. The van der Waals surface area contributed by atoms with Crippen molar-refractivity contribution in [1.82, 2.24) is 19.6 Å². The Bertz CT molecular complexity index is 1310. The van der Waals surface area contributed by atoms with Gasteiger partial charge in [0.25, 0.3) is 11.8 Å². The lowest BCUT2D eigenvalue weighted by Crippen LogP contribution is -2.49. The van der Waals surface area contributed by atoms with Crippen LogP contribution in [0.3, 0.4) is 0 Å². The molecule has 2 aromatic carbocycles. The van der Waals surface area contributed by atoms with Gasteiger partial charge in [-0.15, -0.1) is 0 Å². The SMILES string of the molecule is O=C1N(Cc2ccccc2)C(=O)[C@@]2(C/C=C/C[C@]34CCC=CN3C(=O)N(Cc3ccccc3)C4=O)CCC=CN12. The van der Waals surface area contributed by atoms with E-state index in [1.165, 1.54) is 9.80 Å². The molecule has 6 amide bonds. The first-order valence-corrected chi connectivity index (χ1v) is 13.8. The lowest BCUT2D eigenvalue weighted by atomic mass is 9.83. The van der Waals surface area contributed by atoms with Crippen LogP contribution in [0.4, 0.5) is 9.59 Å². The summed E-state index contributed by atoms with van der Waals surface area (Å²) in [4.78, 5) is 59.9. The summed E-state index contributed by atoms with van der Waals surface area (Å²) in [5.74, 6) is -0.395. The second kappa shape index (κ2) is 10.3. The Hall–Kier alpha value is -4.46. The molecule has 8 heteroatoms. The zero-order valence-electron chi connectivity index (χ0n) is 22.3. The van der Waals surface area contributed by atoms with Gasteiger partial charge in [-0.2, -0.15) is 0 Å². The number of hydrogen-bond acceptors (Lipinski definition) is 4. The molecule has 0 spiro atoms. The third-order valence-corrected chi connectivity index (χ3v) is 8.49. The minimum Gasteiger partial charge on any atom is -0.285 e. The number of carbonyl (C=O) groups is 4. The molecule has 0 unspecified atom stereocenters. The van der Waals surface area contributed by atoms with Gasteiger partial charge in [0.15, 0.2) is 0 Å². The van der Waals surface area contributed by atoms with Crippen LogP contribution in [0.15, 0.2) is 97.4 Å². The fraction of sp³-hybridized carbons (Fsp3) is 0.312. The molecule has 0 saturated carbocycles. The average molecular weight is 537 g/mol. The maximum Gasteiger partial charge on any atom is 0.332 e. The molecular weight excluding hydrogens is 504 g/mol. The van der Waals surface area contributed by atoms with Gasteiger partial charge in [-0.25, -0.2) is 9.59 Å². The summed E-state index contributed by atoms with van der Waals surface area (Å²) in [7, 11) is 0. The molecular formula is C32H32N4O4. The van der Waals surface area contributed by atoms with Gasteiger partial charge in [0.1, 0.15) is 11.1 Å². The van der Waals surface area contributed by atoms with Gasteiger partial charge in [0.2, 0.25) is 0 Å². The molecule has 4 aliphatic heterocycles. The van der Waals surface area contributed by atoms with Crippen molar-refractivity contribution in [1.29, 1.82) is 0 Å². The van der Waals surface area contributed by atoms with Gasteiger partial charge in [0.05, 0.1) is 13.1 Å². The fourth-order valence-corrected chi connectivity index (χ4v) is 6.32. The minimum atomic E-state index is -0.976. The highest BCUT2D eigenvalue weighted by Crippen LogP contribution is 2.41. The summed E-state index contributed by atoms with van der Waals surface area (Å²) < 4.78 is 0. The van der Waals surface area contributed by atoms with Gasteiger partial charge >= 0.3 is 12.1 Å². The number of nitrogens with zero attached hydrogens (tertiary/aromatic N) is 4. The minimum absolute atomic E-state index is 0.197. The van der Waals surface area contributed by atoms with Crippen LogP contribution in [-0.2, 0) is 22.7 Å². The topological polar surface area (TPSA) is 81.2 Å². The molecule has 6 rings (SSSR count). The Kier molecular flexibility index (Phi) is 6.62. The van der Waals surface area contributed by atoms with Gasteiger partial charge < -0.3 is 0 Å². The zero-order chi connectivity index (χ0) is 27.7. The van der Waals surface area contributed by atoms with Crippen molar-refractivity contribution in [2.24, 2.45) is 0 Å². The van der Waals surface area contributed by atoms with Crippen molar-refractivity contribution >= 4 is 23.9 Å². The number of rotatable bonds is 8. The van der Waals surface area contributed by atoms with Crippen LogP contribution in [0.25, 0.3) is 0 Å². The smallest absolute Gasteiger partial charge is 0.285 e. The van der Waals surface area contributed by atoms with Crippen LogP contribution in [0, 0.1) is 0 Å². The van der Waals surface area contributed by atoms with Crippen molar-refractivity contribution in [3.8, 4) is 0 Å². The van der Waals surface area contributed by atoms with E-state index in [0.717, 1.165) is 11.1 Å². The normalized spacial score (nSPS) is 25.9. The molecule has 0 radical (unpaired) electrons. The predicted molar refractivity (Wildman–Crippen MR) is 149 cm³/mol. The molecule has 40 heavy (non-hydrogen) atoms. The van der Waals surface area contributed by atoms with Gasteiger partial charge in [-0.05, 0) is 49.7 Å². The molecule has 8 nitrogen and oxygen atoms in total. The molecule has 0 N–H and O–H groups in total. The summed E-state index contributed by atoms with van der Waals surface area (Å²) in [5, 5.41) is 0. The Morgan fingerprint density at radius 1 is 0.600 bits per heavy atom. The van der Waals surface area contributed by atoms with E-state index >= 15 is 0 Å². The van der Waals surface area contributed by atoms with Crippen LogP contribution in [0.2, 0.25) is 0 Å². The zero-order valence-corrected chi connectivity index (χ0v) is 22.3. The summed E-state index contributed by atoms with van der Waals surface area (Å²) >= 11 is 0. The van der Waals surface area contributed by atoms with Crippen molar-refractivity contribution in [2.75, 3.05) is 0 Å². The maximum atomic E-state index is 13.7. The molecule has 2 aromatic rings. The highest BCUT2D eigenvalue weighted by atomic mass is 16.2. The molecule has 4 heterocycles. The van der Waals surface area contributed by atoms with Gasteiger partial charge in [-0.3, -0.25) is 29.2 Å². The number of fused-ring (bicyclic) bond motifs is 2. The fourth-order valence-electron chi connectivity index (χ4n) is 6.32. The standard InChI is InChI=1S/C32H32N4O4/c37-27-31(19-9-11-21-35(31)29(39)33(27)23-25-13-3-1-4-14-25)17-7-8-18-32-20-10-12-22-36(32)30(40)34(28(32)38)24-26-15-5-2-6-16-26/h1-8,11-16,21-22H,9-10,17-20,23-24H2/b8-7+/t31-,32-/m1/s1. The molecule has 0 aromatic heterocycles. The molecule has 2 fully saturated rings. The second-order valence-corrected chi connectivity index (χ2v) is 10.8. The highest BCUT2D eigenvalue weighted by Gasteiger charge is 2.57. The number of urea groups is 2. The number of hydrogen-bond donors (Lipinski definition) is 0. The first-order valence-electron chi connectivity index (χ1n) is 13.8. The van der Waals surface area contributed by atoms with Crippen LogP contribution in [-0.4, -0.2) is 54.6 Å².